The summed E-state index contributed by atoms with van der Waals surface area (Å²) in [6.45, 7) is 1.64. The number of rotatable bonds is 7. The molecule has 0 bridgehead atoms. The Balaban J connectivity index is 1.75. The van der Waals surface area contributed by atoms with Gasteiger partial charge in [0.1, 0.15) is 17.3 Å². The van der Waals surface area contributed by atoms with Gasteiger partial charge in [-0.15, -0.1) is 0 Å². The van der Waals surface area contributed by atoms with Crippen molar-refractivity contribution in [3.63, 3.8) is 0 Å². The maximum Gasteiger partial charge on any atom is 0.312 e. The first kappa shape index (κ1) is 20.9. The average molecular weight is 407 g/mol. The van der Waals surface area contributed by atoms with Gasteiger partial charge in [0.2, 0.25) is 5.91 Å². The van der Waals surface area contributed by atoms with Crippen molar-refractivity contribution in [2.24, 2.45) is 5.73 Å². The second-order valence-corrected chi connectivity index (χ2v) is 6.77. The Hall–Kier alpha value is -3.87. The summed E-state index contributed by atoms with van der Waals surface area (Å²) >= 11 is 0. The highest BCUT2D eigenvalue weighted by molar-refractivity contribution is 5.91. The average Bonchev–Trinajstić information content (AvgIpc) is 2.71. The van der Waals surface area contributed by atoms with Gasteiger partial charge in [-0.3, -0.25) is 4.79 Å². The van der Waals surface area contributed by atoms with E-state index < -0.39 is 23.8 Å². The standard InChI is InChI=1S/C23H22FN3O3/c1-15-10-11-17(13-20(15)24)26-22(28)14-21(27-23(25)29)16-6-5-9-19(12-16)30-18-7-3-2-4-8-18/h2-13,21H,14H2,1H3,(H,26,28)(H3,25,27,29)/t21-/m0/s1. The molecule has 3 rings (SSSR count). The van der Waals surface area contributed by atoms with E-state index in [-0.39, 0.29) is 6.42 Å². The molecule has 0 aliphatic heterocycles. The van der Waals surface area contributed by atoms with Crippen LogP contribution in [0.5, 0.6) is 11.5 Å². The Bertz CT molecular complexity index is 1040. The molecule has 0 spiro atoms. The summed E-state index contributed by atoms with van der Waals surface area (Å²) in [5.41, 5.74) is 6.76. The molecule has 0 fully saturated rings. The number of hydrogen-bond donors (Lipinski definition) is 3. The van der Waals surface area contributed by atoms with Crippen molar-refractivity contribution in [2.75, 3.05) is 5.32 Å². The molecule has 0 heterocycles. The van der Waals surface area contributed by atoms with Crippen molar-refractivity contribution in [1.82, 2.24) is 5.32 Å². The molecule has 0 aromatic heterocycles. The van der Waals surface area contributed by atoms with Gasteiger partial charge in [-0.25, -0.2) is 9.18 Å². The number of nitrogens with two attached hydrogens (primary N) is 1. The highest BCUT2D eigenvalue weighted by atomic mass is 19.1. The maximum atomic E-state index is 13.7. The van der Waals surface area contributed by atoms with E-state index in [0.717, 1.165) is 0 Å². The zero-order valence-electron chi connectivity index (χ0n) is 16.4. The lowest BCUT2D eigenvalue weighted by Gasteiger charge is -2.19. The van der Waals surface area contributed by atoms with Crippen molar-refractivity contribution < 1.29 is 18.7 Å². The van der Waals surface area contributed by atoms with Crippen LogP contribution in [0.15, 0.2) is 72.8 Å². The van der Waals surface area contributed by atoms with E-state index in [0.29, 0.717) is 28.3 Å². The highest BCUT2D eigenvalue weighted by Gasteiger charge is 2.19. The molecule has 0 aliphatic carbocycles. The van der Waals surface area contributed by atoms with Crippen LogP contribution in [0, 0.1) is 12.7 Å². The Morgan fingerprint density at radius 3 is 2.43 bits per heavy atom. The summed E-state index contributed by atoms with van der Waals surface area (Å²) in [6, 6.07) is 19.2. The van der Waals surface area contributed by atoms with Crippen LogP contribution >= 0.6 is 0 Å². The molecule has 154 valence electrons. The number of benzene rings is 3. The fraction of sp³-hybridized carbons (Fsp3) is 0.130. The third-order valence-corrected chi connectivity index (χ3v) is 4.40. The molecule has 1 atom stereocenters. The summed E-state index contributed by atoms with van der Waals surface area (Å²) in [5.74, 6) is 0.404. The van der Waals surface area contributed by atoms with Gasteiger partial charge in [0.25, 0.3) is 0 Å². The van der Waals surface area contributed by atoms with Crippen molar-refractivity contribution >= 4 is 17.6 Å². The van der Waals surface area contributed by atoms with E-state index in [9.17, 15) is 14.0 Å². The van der Waals surface area contributed by atoms with E-state index in [1.807, 2.05) is 30.3 Å². The Labute approximate surface area is 173 Å². The van der Waals surface area contributed by atoms with Crippen LogP contribution in [0.4, 0.5) is 14.9 Å². The van der Waals surface area contributed by atoms with Crippen LogP contribution in [0.25, 0.3) is 0 Å². The quantitative estimate of drug-likeness (QED) is 0.531. The third-order valence-electron chi connectivity index (χ3n) is 4.40. The molecule has 3 aromatic carbocycles. The molecule has 0 radical (unpaired) electrons. The van der Waals surface area contributed by atoms with Gasteiger partial charge in [0.05, 0.1) is 12.5 Å². The van der Waals surface area contributed by atoms with Crippen LogP contribution in [0.3, 0.4) is 0 Å². The van der Waals surface area contributed by atoms with E-state index in [1.54, 1.807) is 43.3 Å². The topological polar surface area (TPSA) is 93.5 Å². The number of nitrogens with one attached hydrogen (secondary N) is 2. The zero-order valence-corrected chi connectivity index (χ0v) is 16.4. The number of halogens is 1. The van der Waals surface area contributed by atoms with Crippen LogP contribution < -0.4 is 21.1 Å². The number of carbonyl (C=O) groups is 2. The molecule has 7 heteroatoms. The lowest BCUT2D eigenvalue weighted by molar-refractivity contribution is -0.116. The Morgan fingerprint density at radius 1 is 1.00 bits per heavy atom. The largest absolute Gasteiger partial charge is 0.457 e. The van der Waals surface area contributed by atoms with E-state index in [4.69, 9.17) is 10.5 Å². The normalized spacial score (nSPS) is 11.4. The SMILES string of the molecule is Cc1ccc(NC(=O)C[C@H](NC(N)=O)c2cccc(Oc3ccccc3)c2)cc1F. The first-order chi connectivity index (χ1) is 14.4. The molecule has 4 N–H and O–H groups in total. The van der Waals surface area contributed by atoms with Crippen LogP contribution in [0.2, 0.25) is 0 Å². The molecular formula is C23H22FN3O3. The number of ether oxygens (including phenoxy) is 1. The van der Waals surface area contributed by atoms with Gasteiger partial charge in [-0.1, -0.05) is 36.4 Å². The van der Waals surface area contributed by atoms with Gasteiger partial charge in [-0.2, -0.15) is 0 Å². The molecule has 0 aliphatic rings. The zero-order chi connectivity index (χ0) is 21.5. The summed E-state index contributed by atoms with van der Waals surface area (Å²) < 4.78 is 19.5. The minimum Gasteiger partial charge on any atom is -0.457 e. The molecule has 6 nitrogen and oxygen atoms in total. The number of hydrogen-bond acceptors (Lipinski definition) is 3. The maximum absolute atomic E-state index is 13.7. The first-order valence-electron chi connectivity index (χ1n) is 9.35. The molecule has 0 saturated heterocycles. The molecular weight excluding hydrogens is 385 g/mol. The van der Waals surface area contributed by atoms with Crippen LogP contribution in [-0.2, 0) is 4.79 Å². The van der Waals surface area contributed by atoms with Crippen molar-refractivity contribution in [3.05, 3.63) is 89.7 Å². The first-order valence-corrected chi connectivity index (χ1v) is 9.35. The van der Waals surface area contributed by atoms with E-state index in [2.05, 4.69) is 10.6 Å². The fourth-order valence-electron chi connectivity index (χ4n) is 2.91. The van der Waals surface area contributed by atoms with E-state index in [1.165, 1.54) is 6.07 Å². The van der Waals surface area contributed by atoms with Gasteiger partial charge in [0.15, 0.2) is 0 Å². The summed E-state index contributed by atoms with van der Waals surface area (Å²) in [4.78, 5) is 24.0. The monoisotopic (exact) mass is 407 g/mol. The van der Waals surface area contributed by atoms with Crippen molar-refractivity contribution in [1.29, 1.82) is 0 Å². The predicted octanol–water partition coefficient (Wildman–Crippen LogP) is 4.66. The van der Waals surface area contributed by atoms with Crippen molar-refractivity contribution in [3.8, 4) is 11.5 Å². The second kappa shape index (κ2) is 9.56. The molecule has 3 aromatic rings. The van der Waals surface area contributed by atoms with Gasteiger partial charge < -0.3 is 21.1 Å². The third kappa shape index (κ3) is 5.81. The van der Waals surface area contributed by atoms with Crippen LogP contribution in [0.1, 0.15) is 23.6 Å². The molecule has 30 heavy (non-hydrogen) atoms. The summed E-state index contributed by atoms with van der Waals surface area (Å²) in [6.07, 6.45) is -0.0901. The number of carbonyl (C=O) groups excluding carboxylic acids is 2. The van der Waals surface area contributed by atoms with Crippen molar-refractivity contribution in [2.45, 2.75) is 19.4 Å². The number of para-hydroxylation sites is 1. The number of aryl methyl sites for hydroxylation is 1. The van der Waals surface area contributed by atoms with Gasteiger partial charge in [0, 0.05) is 5.69 Å². The highest BCUT2D eigenvalue weighted by Crippen LogP contribution is 2.26. The molecule has 0 unspecified atom stereocenters. The minimum atomic E-state index is -0.761. The Kier molecular flexibility index (Phi) is 6.64. The minimum absolute atomic E-state index is 0.0901. The summed E-state index contributed by atoms with van der Waals surface area (Å²) in [7, 11) is 0. The van der Waals surface area contributed by atoms with E-state index >= 15 is 0 Å². The number of primary amides is 1. The second-order valence-electron chi connectivity index (χ2n) is 6.77. The Morgan fingerprint density at radius 2 is 1.73 bits per heavy atom. The molecule has 0 saturated carbocycles. The van der Waals surface area contributed by atoms with Gasteiger partial charge in [-0.05, 0) is 54.4 Å². The fourth-order valence-corrected chi connectivity index (χ4v) is 2.91. The van der Waals surface area contributed by atoms with Crippen LogP contribution in [-0.4, -0.2) is 11.9 Å². The van der Waals surface area contributed by atoms with Gasteiger partial charge >= 0.3 is 6.03 Å². The number of urea groups is 1. The predicted molar refractivity (Wildman–Crippen MR) is 113 cm³/mol. The smallest absolute Gasteiger partial charge is 0.312 e. The number of anilines is 1. The number of amides is 3. The lowest BCUT2D eigenvalue weighted by atomic mass is 10.0. The summed E-state index contributed by atoms with van der Waals surface area (Å²) in [5, 5.41) is 5.21. The molecule has 3 amide bonds. The lowest BCUT2D eigenvalue weighted by Crippen LogP contribution is -2.35.